The second-order valence-corrected chi connectivity index (χ2v) is 4.80. The van der Waals surface area contributed by atoms with Gasteiger partial charge in [-0.1, -0.05) is 30.3 Å². The first kappa shape index (κ1) is 15.4. The van der Waals surface area contributed by atoms with Crippen LogP contribution in [-0.2, 0) is 6.54 Å². The van der Waals surface area contributed by atoms with E-state index in [0.29, 0.717) is 0 Å². The molecule has 0 aliphatic heterocycles. The molecule has 4 heteroatoms. The molecule has 0 fully saturated rings. The number of benzene rings is 2. The minimum absolute atomic E-state index is 0. The van der Waals surface area contributed by atoms with Gasteiger partial charge in [-0.3, -0.25) is 0 Å². The number of hydrogen-bond acceptors (Lipinski definition) is 2. The van der Waals surface area contributed by atoms with Gasteiger partial charge in [0.05, 0.1) is 24.0 Å². The van der Waals surface area contributed by atoms with Crippen molar-refractivity contribution in [1.82, 2.24) is 9.55 Å². The molecule has 0 atom stereocenters. The second-order valence-electron chi connectivity index (χ2n) is 4.80. The number of unbranched alkanes of at least 4 members (excludes halogenated alkanes) is 1. The predicted molar refractivity (Wildman–Crippen MR) is 80.9 cm³/mol. The quantitative estimate of drug-likeness (QED) is 0.633. The number of ether oxygens (including phenoxy) is 1. The number of imidazole rings is 1. The zero-order valence-corrected chi connectivity index (χ0v) is 12.5. The molecule has 0 radical (unpaired) electrons. The molecule has 0 unspecified atom stereocenters. The number of aromatic nitrogens is 2. The molecule has 1 aromatic heterocycles. The fourth-order valence-corrected chi connectivity index (χ4v) is 2.28. The number of nitrogens with zero attached hydrogens (tertiary/aromatic N) is 2. The number of halogens is 1. The number of rotatable bonds is 6. The largest absolute Gasteiger partial charge is 1.00 e. The van der Waals surface area contributed by atoms with Gasteiger partial charge < -0.3 is 21.7 Å². The highest BCUT2D eigenvalue weighted by molar-refractivity contribution is 5.74. The summed E-state index contributed by atoms with van der Waals surface area (Å²) in [4.78, 5) is 4.40. The summed E-state index contributed by atoms with van der Waals surface area (Å²) in [6.07, 6.45) is 4.05. The highest BCUT2D eigenvalue weighted by Gasteiger charge is 2.00. The Hall–Kier alpha value is -2.00. The van der Waals surface area contributed by atoms with Crippen LogP contribution < -0.4 is 17.1 Å². The Balaban J connectivity index is 0.00000161. The lowest BCUT2D eigenvalue weighted by atomic mass is 10.3. The molecule has 0 bridgehead atoms. The van der Waals surface area contributed by atoms with Crippen LogP contribution in [0.5, 0.6) is 5.75 Å². The van der Waals surface area contributed by atoms with Crippen LogP contribution in [0.3, 0.4) is 0 Å². The van der Waals surface area contributed by atoms with Crippen molar-refractivity contribution in [2.75, 3.05) is 6.61 Å². The first-order chi connectivity index (χ1) is 9.93. The number of fused-ring (bicyclic) bond motifs is 1. The maximum Gasteiger partial charge on any atom is 0.119 e. The van der Waals surface area contributed by atoms with E-state index in [2.05, 4.69) is 21.7 Å². The predicted octanol–water partition coefficient (Wildman–Crippen LogP) is 0.899. The van der Waals surface area contributed by atoms with Gasteiger partial charge >= 0.3 is 0 Å². The zero-order valence-electron chi connectivity index (χ0n) is 11.8. The van der Waals surface area contributed by atoms with Crippen molar-refractivity contribution in [3.05, 3.63) is 60.9 Å². The molecule has 0 saturated heterocycles. The molecule has 0 N–H and O–H groups in total. The summed E-state index contributed by atoms with van der Waals surface area (Å²) in [5, 5.41) is 0. The normalized spacial score (nSPS) is 10.3. The number of para-hydroxylation sites is 3. The molecule has 0 aliphatic carbocycles. The number of aryl methyl sites for hydroxylation is 1. The van der Waals surface area contributed by atoms with E-state index in [4.69, 9.17) is 4.74 Å². The van der Waals surface area contributed by atoms with Crippen LogP contribution in [0.1, 0.15) is 12.8 Å². The fourth-order valence-electron chi connectivity index (χ4n) is 2.28. The molecule has 1 heterocycles. The summed E-state index contributed by atoms with van der Waals surface area (Å²) < 4.78 is 7.89. The smallest absolute Gasteiger partial charge is 0.119 e. The van der Waals surface area contributed by atoms with Crippen LogP contribution >= 0.6 is 0 Å². The first-order valence-corrected chi connectivity index (χ1v) is 7.01. The fraction of sp³-hybridized carbons (Fsp3) is 0.235. The minimum Gasteiger partial charge on any atom is -1.00 e. The molecule has 3 aromatic rings. The summed E-state index contributed by atoms with van der Waals surface area (Å²) >= 11 is 0. The molecule has 0 aliphatic rings. The molecule has 3 nitrogen and oxygen atoms in total. The van der Waals surface area contributed by atoms with Crippen LogP contribution in [0, 0.1) is 0 Å². The summed E-state index contributed by atoms with van der Waals surface area (Å²) in [6.45, 7) is 1.75. The van der Waals surface area contributed by atoms with Gasteiger partial charge in [0.25, 0.3) is 0 Å². The maximum absolute atomic E-state index is 5.69. The van der Waals surface area contributed by atoms with Crippen molar-refractivity contribution in [2.45, 2.75) is 19.4 Å². The van der Waals surface area contributed by atoms with E-state index in [1.165, 1.54) is 5.52 Å². The third-order valence-corrected chi connectivity index (χ3v) is 3.33. The van der Waals surface area contributed by atoms with Crippen LogP contribution in [0.4, 0.5) is 0 Å². The van der Waals surface area contributed by atoms with E-state index >= 15 is 0 Å². The standard InChI is InChI=1S/C17H18N2O.ClH/c1-2-8-15(9-3-1)20-13-7-6-12-19-14-18-16-10-4-5-11-17(16)19;/h1-5,8-11,14H,6-7,12-13H2;1H/p-1. The van der Waals surface area contributed by atoms with Gasteiger partial charge in [-0.2, -0.15) is 0 Å². The zero-order chi connectivity index (χ0) is 13.6. The van der Waals surface area contributed by atoms with E-state index < -0.39 is 0 Å². The molecular weight excluding hydrogens is 284 g/mol. The lowest BCUT2D eigenvalue weighted by Gasteiger charge is -2.06. The van der Waals surface area contributed by atoms with Crippen LogP contribution in [-0.4, -0.2) is 16.2 Å². The van der Waals surface area contributed by atoms with Gasteiger partial charge in [0.1, 0.15) is 5.75 Å². The van der Waals surface area contributed by atoms with Crippen molar-refractivity contribution in [1.29, 1.82) is 0 Å². The maximum atomic E-state index is 5.69. The van der Waals surface area contributed by atoms with Crippen LogP contribution in [0.2, 0.25) is 0 Å². The Bertz CT molecular complexity index is 667. The van der Waals surface area contributed by atoms with E-state index in [1.54, 1.807) is 0 Å². The monoisotopic (exact) mass is 301 g/mol. The lowest BCUT2D eigenvalue weighted by Crippen LogP contribution is -3.00. The Labute approximate surface area is 131 Å². The molecule has 0 amide bonds. The highest BCUT2D eigenvalue weighted by atomic mass is 35.5. The van der Waals surface area contributed by atoms with Crippen molar-refractivity contribution in [2.24, 2.45) is 0 Å². The van der Waals surface area contributed by atoms with Crippen molar-refractivity contribution < 1.29 is 17.1 Å². The molecule has 3 rings (SSSR count). The average molecular weight is 302 g/mol. The van der Waals surface area contributed by atoms with Crippen LogP contribution in [0.25, 0.3) is 11.0 Å². The Morgan fingerprint density at radius 1 is 0.905 bits per heavy atom. The molecular formula is C17H18ClN2O-. The Morgan fingerprint density at radius 3 is 2.52 bits per heavy atom. The van der Waals surface area contributed by atoms with Crippen molar-refractivity contribution in [3.63, 3.8) is 0 Å². The topological polar surface area (TPSA) is 27.1 Å². The Morgan fingerprint density at radius 2 is 1.67 bits per heavy atom. The third kappa shape index (κ3) is 3.99. The third-order valence-electron chi connectivity index (χ3n) is 3.33. The van der Waals surface area contributed by atoms with Gasteiger partial charge in [0.15, 0.2) is 0 Å². The van der Waals surface area contributed by atoms with E-state index in [0.717, 1.165) is 37.3 Å². The molecule has 21 heavy (non-hydrogen) atoms. The second kappa shape index (κ2) is 7.70. The van der Waals surface area contributed by atoms with Gasteiger partial charge in [-0.25, -0.2) is 4.98 Å². The van der Waals surface area contributed by atoms with Gasteiger partial charge in [-0.05, 0) is 37.1 Å². The summed E-state index contributed by atoms with van der Waals surface area (Å²) in [5.41, 5.74) is 2.27. The summed E-state index contributed by atoms with van der Waals surface area (Å²) in [6, 6.07) is 18.2. The van der Waals surface area contributed by atoms with Gasteiger partial charge in [0.2, 0.25) is 0 Å². The lowest BCUT2D eigenvalue weighted by molar-refractivity contribution is -0.00000456. The van der Waals surface area contributed by atoms with Crippen LogP contribution in [0.15, 0.2) is 60.9 Å². The van der Waals surface area contributed by atoms with Crippen molar-refractivity contribution in [3.8, 4) is 5.75 Å². The first-order valence-electron chi connectivity index (χ1n) is 7.01. The van der Waals surface area contributed by atoms with Gasteiger partial charge in [0, 0.05) is 6.54 Å². The number of hydrogen-bond donors (Lipinski definition) is 0. The minimum atomic E-state index is 0. The Kier molecular flexibility index (Phi) is 5.64. The van der Waals surface area contributed by atoms with E-state index in [9.17, 15) is 0 Å². The van der Waals surface area contributed by atoms with E-state index in [-0.39, 0.29) is 12.4 Å². The highest BCUT2D eigenvalue weighted by Crippen LogP contribution is 2.13. The van der Waals surface area contributed by atoms with E-state index in [1.807, 2.05) is 48.8 Å². The summed E-state index contributed by atoms with van der Waals surface area (Å²) in [7, 11) is 0. The molecule has 0 saturated carbocycles. The molecule has 110 valence electrons. The van der Waals surface area contributed by atoms with Gasteiger partial charge in [-0.15, -0.1) is 0 Å². The molecule has 0 spiro atoms. The average Bonchev–Trinajstić information content (AvgIpc) is 2.91. The summed E-state index contributed by atoms with van der Waals surface area (Å²) in [5.74, 6) is 0.945. The molecule has 2 aromatic carbocycles. The SMILES string of the molecule is [Cl-].c1ccc(OCCCCn2cnc3ccccc32)cc1. The van der Waals surface area contributed by atoms with Crippen molar-refractivity contribution >= 4 is 11.0 Å².